The molecule has 0 saturated heterocycles. The summed E-state index contributed by atoms with van der Waals surface area (Å²) < 4.78 is 37.2. The summed E-state index contributed by atoms with van der Waals surface area (Å²) in [7, 11) is 1.66. The molecule has 8 atom stereocenters. The molecule has 214 valence electrons. The van der Waals surface area contributed by atoms with Crippen LogP contribution in [-0.4, -0.2) is 37.0 Å². The van der Waals surface area contributed by atoms with Gasteiger partial charge in [-0.3, -0.25) is 4.79 Å². The normalized spacial score (nSPS) is 38.5. The van der Waals surface area contributed by atoms with E-state index >= 15 is 8.78 Å². The first-order chi connectivity index (χ1) is 17.6. The zero-order valence-corrected chi connectivity index (χ0v) is 24.0. The third kappa shape index (κ3) is 6.18. The number of allylic oxidation sites excluding steroid dienone is 1. The van der Waals surface area contributed by atoms with Crippen LogP contribution in [0.2, 0.25) is 0 Å². The summed E-state index contributed by atoms with van der Waals surface area (Å²) in [5, 5.41) is 1.29. The van der Waals surface area contributed by atoms with E-state index in [9.17, 15) is 4.79 Å². The molecule has 4 aliphatic rings. The molecule has 4 aliphatic carbocycles. The molecule has 5 nitrogen and oxygen atoms in total. The second-order valence-corrected chi connectivity index (χ2v) is 12.5. The highest BCUT2D eigenvalue weighted by Crippen LogP contribution is 2.69. The number of nitrogens with two attached hydrogens (primary N) is 2. The number of alkyl halides is 2. The molecule has 7 heteroatoms. The number of ether oxygens (including phenoxy) is 1. The smallest absolute Gasteiger partial charge is 0.254 e. The van der Waals surface area contributed by atoms with Gasteiger partial charge in [-0.05, 0) is 93.3 Å². The molecule has 4 fully saturated rings. The molecule has 0 radical (unpaired) electrons. The van der Waals surface area contributed by atoms with Crippen LogP contribution in [0.25, 0.3) is 0 Å². The van der Waals surface area contributed by atoms with Crippen molar-refractivity contribution in [2.24, 2.45) is 58.4 Å². The van der Waals surface area contributed by atoms with Crippen LogP contribution in [0, 0.1) is 46.8 Å². The van der Waals surface area contributed by atoms with Gasteiger partial charge in [0, 0.05) is 43.4 Å². The number of nitrogens with zero attached hydrogens (tertiary/aromatic N) is 1. The third-order valence-electron chi connectivity index (χ3n) is 10.5. The van der Waals surface area contributed by atoms with E-state index in [0.29, 0.717) is 42.9 Å². The number of Topliss-reactive ketones (excluding diaryl/α,β-unsaturated/α-hetero) is 1. The van der Waals surface area contributed by atoms with Gasteiger partial charge in [0.25, 0.3) is 5.92 Å². The van der Waals surface area contributed by atoms with E-state index in [1.165, 1.54) is 24.3 Å². The summed E-state index contributed by atoms with van der Waals surface area (Å²) in [6.45, 7) is 8.64. The lowest BCUT2D eigenvalue weighted by Gasteiger charge is -2.58. The number of fused-ring (bicyclic) bond motifs is 5. The molecule has 0 amide bonds. The van der Waals surface area contributed by atoms with E-state index in [-0.39, 0.29) is 30.6 Å². The summed E-state index contributed by atoms with van der Waals surface area (Å²) in [6.07, 6.45) is 11.0. The molecule has 0 aromatic rings. The summed E-state index contributed by atoms with van der Waals surface area (Å²) in [4.78, 5) is 13.4. The molecule has 0 aliphatic heterocycles. The van der Waals surface area contributed by atoms with Crippen LogP contribution in [0.5, 0.6) is 0 Å². The molecule has 4 N–H and O–H groups in total. The van der Waals surface area contributed by atoms with Gasteiger partial charge < -0.3 is 15.5 Å². The van der Waals surface area contributed by atoms with E-state index in [1.807, 2.05) is 13.8 Å². The number of carbonyl (C=O) groups is 1. The number of carbonyl (C=O) groups excluding carboxylic acids is 1. The lowest BCUT2D eigenvalue weighted by atomic mass is 9.48. The number of rotatable bonds is 9. The lowest BCUT2D eigenvalue weighted by Crippen LogP contribution is -2.59. The first-order valence-electron chi connectivity index (χ1n) is 15.0. The molecule has 0 bridgehead atoms. The average Bonchev–Trinajstić information content (AvgIpc) is 3.22. The number of hydrazine groups is 1. The van der Waals surface area contributed by atoms with E-state index in [0.717, 1.165) is 38.0 Å². The number of hydrogen-bond acceptors (Lipinski definition) is 5. The largest absolute Gasteiger partial charge is 0.401 e. The summed E-state index contributed by atoms with van der Waals surface area (Å²) >= 11 is 0. The minimum atomic E-state index is -2.82. The van der Waals surface area contributed by atoms with Gasteiger partial charge >= 0.3 is 0 Å². The maximum absolute atomic E-state index is 16.1. The lowest BCUT2D eigenvalue weighted by molar-refractivity contribution is -0.226. The van der Waals surface area contributed by atoms with Crippen molar-refractivity contribution in [3.8, 4) is 0 Å². The van der Waals surface area contributed by atoms with Crippen LogP contribution in [-0.2, 0) is 9.53 Å². The Balaban J connectivity index is 0.00000186. The predicted octanol–water partition coefficient (Wildman–Crippen LogP) is 6.52. The van der Waals surface area contributed by atoms with Crippen LogP contribution in [0.1, 0.15) is 98.3 Å². The SMILES string of the molecule is CC.COCCCC/C(N)=C/N(N)CC(=O)C1CCC2C3CCC4CC(C)CCC4C3CC(F)(F)C12C. The number of hydrogen-bond donors (Lipinski definition) is 2. The number of halogens is 2. The van der Waals surface area contributed by atoms with Crippen LogP contribution >= 0.6 is 0 Å². The van der Waals surface area contributed by atoms with Crippen molar-refractivity contribution in [3.63, 3.8) is 0 Å². The van der Waals surface area contributed by atoms with Gasteiger partial charge in [0.15, 0.2) is 5.78 Å². The Morgan fingerprint density at radius 1 is 1.05 bits per heavy atom. The van der Waals surface area contributed by atoms with Crippen LogP contribution < -0.4 is 11.6 Å². The highest BCUT2D eigenvalue weighted by atomic mass is 19.3. The summed E-state index contributed by atoms with van der Waals surface area (Å²) in [5.74, 6) is 4.64. The molecular weight excluding hydrogens is 472 g/mol. The zero-order chi connectivity index (χ0) is 27.4. The second kappa shape index (κ2) is 12.8. The van der Waals surface area contributed by atoms with Gasteiger partial charge in [0.05, 0.1) is 6.54 Å². The first kappa shape index (κ1) is 30.3. The molecule has 0 aromatic heterocycles. The Kier molecular flexibility index (Phi) is 10.5. The van der Waals surface area contributed by atoms with E-state index in [4.69, 9.17) is 16.3 Å². The topological polar surface area (TPSA) is 81.6 Å². The Bertz CT molecular complexity index is 791. The third-order valence-corrected chi connectivity index (χ3v) is 10.5. The predicted molar refractivity (Wildman–Crippen MR) is 145 cm³/mol. The van der Waals surface area contributed by atoms with Crippen LogP contribution in [0.3, 0.4) is 0 Å². The fourth-order valence-corrected chi connectivity index (χ4v) is 8.75. The average molecular weight is 526 g/mol. The fourth-order valence-electron chi connectivity index (χ4n) is 8.75. The highest BCUT2D eigenvalue weighted by Gasteiger charge is 2.69. The number of unbranched alkanes of at least 4 members (excludes halogenated alkanes) is 1. The number of methoxy groups -OCH3 is 1. The Labute approximate surface area is 224 Å². The maximum atomic E-state index is 16.1. The standard InChI is InChI=1S/C28H47F2N3O2.C2H6/c1-18-7-9-21-19(14-18)8-10-22-23(21)15-28(29,30)27(2)24(22)11-12-25(27)26(34)17-33(32)16-20(31)6-4-5-13-35-3;1-2/h16,18-19,21-25H,4-15,17,31-32H2,1-3H3;1-2H3/b20-16-;. The van der Waals surface area contributed by atoms with Crippen molar-refractivity contribution in [2.75, 3.05) is 20.3 Å². The summed E-state index contributed by atoms with van der Waals surface area (Å²) in [6, 6.07) is 0. The molecular formula is C30H53F2N3O2. The highest BCUT2D eigenvalue weighted by molar-refractivity contribution is 5.84. The molecule has 37 heavy (non-hydrogen) atoms. The van der Waals surface area contributed by atoms with Gasteiger partial charge in [0.2, 0.25) is 0 Å². The van der Waals surface area contributed by atoms with Gasteiger partial charge in [-0.25, -0.2) is 14.6 Å². The molecule has 0 heterocycles. The number of ketones is 1. The summed E-state index contributed by atoms with van der Waals surface area (Å²) in [5.41, 5.74) is 5.39. The van der Waals surface area contributed by atoms with Crippen molar-refractivity contribution in [3.05, 3.63) is 11.9 Å². The van der Waals surface area contributed by atoms with Crippen LogP contribution in [0.15, 0.2) is 11.9 Å². The second-order valence-electron chi connectivity index (χ2n) is 12.5. The van der Waals surface area contributed by atoms with Crippen LogP contribution in [0.4, 0.5) is 8.78 Å². The van der Waals surface area contributed by atoms with Crippen molar-refractivity contribution >= 4 is 5.78 Å². The Morgan fingerprint density at radius 2 is 1.76 bits per heavy atom. The monoisotopic (exact) mass is 525 g/mol. The maximum Gasteiger partial charge on any atom is 0.254 e. The van der Waals surface area contributed by atoms with Gasteiger partial charge in [-0.1, -0.05) is 34.1 Å². The minimum absolute atomic E-state index is 0.0370. The minimum Gasteiger partial charge on any atom is -0.401 e. The molecule has 0 spiro atoms. The van der Waals surface area contributed by atoms with Gasteiger partial charge in [-0.15, -0.1) is 0 Å². The zero-order valence-electron chi connectivity index (χ0n) is 24.0. The Morgan fingerprint density at radius 3 is 2.46 bits per heavy atom. The molecule has 4 rings (SSSR count). The fraction of sp³-hybridized carbons (Fsp3) is 0.900. The van der Waals surface area contributed by atoms with Gasteiger partial charge in [0.1, 0.15) is 0 Å². The van der Waals surface area contributed by atoms with E-state index < -0.39 is 17.3 Å². The molecule has 4 saturated carbocycles. The van der Waals surface area contributed by atoms with Crippen molar-refractivity contribution in [1.29, 1.82) is 0 Å². The van der Waals surface area contributed by atoms with Gasteiger partial charge in [-0.2, -0.15) is 0 Å². The van der Waals surface area contributed by atoms with Crippen molar-refractivity contribution in [1.82, 2.24) is 5.01 Å². The quantitative estimate of drug-likeness (QED) is 0.203. The molecule has 0 aromatic carbocycles. The first-order valence-corrected chi connectivity index (χ1v) is 15.0. The molecule has 8 unspecified atom stereocenters. The Hall–Kier alpha value is -1.21. The van der Waals surface area contributed by atoms with Crippen molar-refractivity contribution in [2.45, 2.75) is 104 Å². The van der Waals surface area contributed by atoms with Crippen molar-refractivity contribution < 1.29 is 18.3 Å². The van der Waals surface area contributed by atoms with E-state index in [1.54, 1.807) is 20.2 Å². The van der Waals surface area contributed by atoms with E-state index in [2.05, 4.69) is 6.92 Å².